The molecule has 0 atom stereocenters. The highest BCUT2D eigenvalue weighted by molar-refractivity contribution is 14.1. The Balaban J connectivity index is 2.31. The van der Waals surface area contributed by atoms with Gasteiger partial charge in [-0.1, -0.05) is 11.6 Å². The molecule has 0 bridgehead atoms. The molecule has 0 heterocycles. The van der Waals surface area contributed by atoms with Crippen molar-refractivity contribution in [2.24, 2.45) is 0 Å². The van der Waals surface area contributed by atoms with Gasteiger partial charge in [0.1, 0.15) is 5.82 Å². The minimum Gasteiger partial charge on any atom is -0.399 e. The first-order chi connectivity index (χ1) is 8.04. The lowest BCUT2D eigenvalue weighted by Crippen LogP contribution is -1.95. The lowest BCUT2D eigenvalue weighted by Gasteiger charge is -2.09. The van der Waals surface area contributed by atoms with E-state index in [1.54, 1.807) is 12.1 Å². The molecule has 0 aliphatic rings. The van der Waals surface area contributed by atoms with Crippen LogP contribution in [0.1, 0.15) is 0 Å². The van der Waals surface area contributed by atoms with Gasteiger partial charge >= 0.3 is 0 Å². The zero-order chi connectivity index (χ0) is 12.4. The van der Waals surface area contributed by atoms with Gasteiger partial charge in [-0.2, -0.15) is 0 Å². The number of anilines is 3. The Bertz CT molecular complexity index is 540. The van der Waals surface area contributed by atoms with Crippen molar-refractivity contribution >= 4 is 51.3 Å². The summed E-state index contributed by atoms with van der Waals surface area (Å²) in [6.45, 7) is 0. The van der Waals surface area contributed by atoms with Gasteiger partial charge in [0.05, 0.1) is 5.69 Å². The van der Waals surface area contributed by atoms with Crippen LogP contribution in [0.5, 0.6) is 0 Å². The van der Waals surface area contributed by atoms with E-state index in [1.165, 1.54) is 12.1 Å². The molecule has 17 heavy (non-hydrogen) atoms. The summed E-state index contributed by atoms with van der Waals surface area (Å²) in [4.78, 5) is 0. The molecule has 0 amide bonds. The maximum absolute atomic E-state index is 13.2. The number of rotatable bonds is 2. The van der Waals surface area contributed by atoms with Crippen LogP contribution in [0.15, 0.2) is 36.4 Å². The SMILES string of the molecule is Nc1cc(F)cc(Nc2ccc(Cl)cc2I)c1. The van der Waals surface area contributed by atoms with Gasteiger partial charge in [0.2, 0.25) is 0 Å². The third-order valence-electron chi connectivity index (χ3n) is 2.13. The van der Waals surface area contributed by atoms with Gasteiger partial charge in [-0.3, -0.25) is 0 Å². The maximum atomic E-state index is 13.2. The van der Waals surface area contributed by atoms with Crippen molar-refractivity contribution in [1.82, 2.24) is 0 Å². The number of benzene rings is 2. The number of hydrogen-bond acceptors (Lipinski definition) is 2. The number of halogens is 3. The molecular formula is C12H9ClFIN2. The van der Waals surface area contributed by atoms with Crippen molar-refractivity contribution in [2.75, 3.05) is 11.1 Å². The Morgan fingerprint density at radius 1 is 1.18 bits per heavy atom. The monoisotopic (exact) mass is 362 g/mol. The van der Waals surface area contributed by atoms with Gasteiger partial charge in [-0.15, -0.1) is 0 Å². The molecule has 5 heteroatoms. The summed E-state index contributed by atoms with van der Waals surface area (Å²) in [7, 11) is 0. The van der Waals surface area contributed by atoms with Crippen LogP contribution < -0.4 is 11.1 Å². The van der Waals surface area contributed by atoms with Crippen LogP contribution in [0.25, 0.3) is 0 Å². The number of nitrogen functional groups attached to an aromatic ring is 1. The molecule has 0 aliphatic heterocycles. The first-order valence-electron chi connectivity index (χ1n) is 4.83. The Labute approximate surface area is 117 Å². The summed E-state index contributed by atoms with van der Waals surface area (Å²) in [6, 6.07) is 9.78. The van der Waals surface area contributed by atoms with E-state index in [0.29, 0.717) is 16.4 Å². The van der Waals surface area contributed by atoms with Crippen LogP contribution in [0.2, 0.25) is 5.02 Å². The average molecular weight is 363 g/mol. The van der Waals surface area contributed by atoms with Crippen LogP contribution in [0, 0.1) is 9.39 Å². The number of hydrogen-bond donors (Lipinski definition) is 2. The summed E-state index contributed by atoms with van der Waals surface area (Å²) in [5, 5.41) is 3.76. The summed E-state index contributed by atoms with van der Waals surface area (Å²) in [5.41, 5.74) is 7.43. The molecule has 2 nitrogen and oxygen atoms in total. The van der Waals surface area contributed by atoms with E-state index < -0.39 is 0 Å². The highest BCUT2D eigenvalue weighted by Crippen LogP contribution is 2.26. The minimum absolute atomic E-state index is 0.364. The molecule has 3 N–H and O–H groups in total. The van der Waals surface area contributed by atoms with E-state index in [1.807, 2.05) is 12.1 Å². The van der Waals surface area contributed by atoms with E-state index in [9.17, 15) is 4.39 Å². The van der Waals surface area contributed by atoms with Gasteiger partial charge in [0, 0.05) is 20.0 Å². The molecule has 0 aliphatic carbocycles. The summed E-state index contributed by atoms with van der Waals surface area (Å²) in [6.07, 6.45) is 0. The third-order valence-corrected chi connectivity index (χ3v) is 3.26. The van der Waals surface area contributed by atoms with Crippen LogP contribution in [-0.2, 0) is 0 Å². The average Bonchev–Trinajstić information content (AvgIpc) is 2.21. The van der Waals surface area contributed by atoms with Crippen LogP contribution in [0.4, 0.5) is 21.5 Å². The summed E-state index contributed by atoms with van der Waals surface area (Å²) in [5.74, 6) is -0.364. The Morgan fingerprint density at radius 3 is 2.59 bits per heavy atom. The van der Waals surface area contributed by atoms with E-state index in [4.69, 9.17) is 17.3 Å². The standard InChI is InChI=1S/C12H9ClFIN2/c13-7-1-2-12(11(15)3-7)17-10-5-8(14)4-9(16)6-10/h1-6,17H,16H2. The molecule has 0 unspecified atom stereocenters. The van der Waals surface area contributed by atoms with E-state index in [0.717, 1.165) is 9.26 Å². The molecule has 2 rings (SSSR count). The maximum Gasteiger partial charge on any atom is 0.127 e. The predicted octanol–water partition coefficient (Wildman–Crippen LogP) is 4.41. The van der Waals surface area contributed by atoms with Crippen molar-refractivity contribution in [3.05, 3.63) is 50.8 Å². The predicted molar refractivity (Wildman–Crippen MR) is 78.3 cm³/mol. The molecule has 2 aromatic rings. The van der Waals surface area contributed by atoms with Gasteiger partial charge in [-0.05, 0) is 59.0 Å². The van der Waals surface area contributed by atoms with Gasteiger partial charge in [0.15, 0.2) is 0 Å². The topological polar surface area (TPSA) is 38.0 Å². The second-order valence-corrected chi connectivity index (χ2v) is 5.12. The molecule has 0 aromatic heterocycles. The van der Waals surface area contributed by atoms with Crippen LogP contribution in [-0.4, -0.2) is 0 Å². The van der Waals surface area contributed by atoms with Gasteiger partial charge in [0.25, 0.3) is 0 Å². The minimum atomic E-state index is -0.364. The fourth-order valence-electron chi connectivity index (χ4n) is 1.43. The Kier molecular flexibility index (Phi) is 3.73. The van der Waals surface area contributed by atoms with Crippen molar-refractivity contribution in [3.8, 4) is 0 Å². The summed E-state index contributed by atoms with van der Waals surface area (Å²) >= 11 is 8.02. The lowest BCUT2D eigenvalue weighted by molar-refractivity contribution is 0.629. The Morgan fingerprint density at radius 2 is 1.94 bits per heavy atom. The second kappa shape index (κ2) is 5.10. The van der Waals surface area contributed by atoms with Crippen molar-refractivity contribution in [1.29, 1.82) is 0 Å². The van der Waals surface area contributed by atoms with Crippen molar-refractivity contribution < 1.29 is 4.39 Å². The molecule has 88 valence electrons. The van der Waals surface area contributed by atoms with E-state index in [-0.39, 0.29) is 5.82 Å². The van der Waals surface area contributed by atoms with Gasteiger partial charge < -0.3 is 11.1 Å². The molecule has 0 saturated heterocycles. The molecule has 0 saturated carbocycles. The fourth-order valence-corrected chi connectivity index (χ4v) is 2.44. The fraction of sp³-hybridized carbons (Fsp3) is 0. The second-order valence-electron chi connectivity index (χ2n) is 3.52. The third kappa shape index (κ3) is 3.23. The largest absolute Gasteiger partial charge is 0.399 e. The zero-order valence-electron chi connectivity index (χ0n) is 8.68. The zero-order valence-corrected chi connectivity index (χ0v) is 11.6. The molecule has 2 aromatic carbocycles. The molecular weight excluding hydrogens is 354 g/mol. The highest BCUT2D eigenvalue weighted by Gasteiger charge is 2.03. The molecule has 0 radical (unpaired) electrons. The number of nitrogens with one attached hydrogen (secondary N) is 1. The lowest BCUT2D eigenvalue weighted by atomic mass is 10.2. The first kappa shape index (κ1) is 12.4. The highest BCUT2D eigenvalue weighted by atomic mass is 127. The molecule has 0 spiro atoms. The first-order valence-corrected chi connectivity index (χ1v) is 6.28. The van der Waals surface area contributed by atoms with Crippen molar-refractivity contribution in [2.45, 2.75) is 0 Å². The summed E-state index contributed by atoms with van der Waals surface area (Å²) < 4.78 is 14.1. The Hall–Kier alpha value is -1.01. The normalized spacial score (nSPS) is 10.3. The van der Waals surface area contributed by atoms with E-state index in [2.05, 4.69) is 27.9 Å². The smallest absolute Gasteiger partial charge is 0.127 e. The van der Waals surface area contributed by atoms with Crippen LogP contribution >= 0.6 is 34.2 Å². The van der Waals surface area contributed by atoms with Gasteiger partial charge in [-0.25, -0.2) is 4.39 Å². The quantitative estimate of drug-likeness (QED) is 0.613. The molecule has 0 fully saturated rings. The number of nitrogens with two attached hydrogens (primary N) is 1. The van der Waals surface area contributed by atoms with Crippen molar-refractivity contribution in [3.63, 3.8) is 0 Å². The van der Waals surface area contributed by atoms with Crippen LogP contribution in [0.3, 0.4) is 0 Å². The van der Waals surface area contributed by atoms with E-state index >= 15 is 0 Å².